The summed E-state index contributed by atoms with van der Waals surface area (Å²) in [6, 6.07) is 3.08. The summed E-state index contributed by atoms with van der Waals surface area (Å²) < 4.78 is 14.2. The lowest BCUT2D eigenvalue weighted by Crippen LogP contribution is -2.35. The molecular formula is C14H20BrFN2S. The highest BCUT2D eigenvalue weighted by molar-refractivity contribution is 9.10. The second-order valence-electron chi connectivity index (χ2n) is 5.15. The Kier molecular flexibility index (Phi) is 5.01. The van der Waals surface area contributed by atoms with Crippen LogP contribution in [0.5, 0.6) is 0 Å². The van der Waals surface area contributed by atoms with Crippen LogP contribution in [0.2, 0.25) is 0 Å². The number of benzene rings is 1. The quantitative estimate of drug-likeness (QED) is 0.779. The monoisotopic (exact) mass is 346 g/mol. The van der Waals surface area contributed by atoms with Gasteiger partial charge in [-0.25, -0.2) is 4.39 Å². The standard InChI is InChI=1S/C14H20BrFN2S/c1-19-14(5-3-2-4-6-14)9-18-13-8-11(16)10(15)7-12(13)17/h7-8,18H,2-6,9,17H2,1H3. The lowest BCUT2D eigenvalue weighted by atomic mass is 9.88. The van der Waals surface area contributed by atoms with Gasteiger partial charge in [-0.15, -0.1) is 0 Å². The molecule has 0 aliphatic heterocycles. The van der Waals surface area contributed by atoms with Gasteiger partial charge in [0.1, 0.15) is 5.82 Å². The second kappa shape index (κ2) is 6.35. The Labute approximate surface area is 126 Å². The van der Waals surface area contributed by atoms with Gasteiger partial charge in [0.2, 0.25) is 0 Å². The van der Waals surface area contributed by atoms with E-state index in [2.05, 4.69) is 27.5 Å². The molecule has 19 heavy (non-hydrogen) atoms. The van der Waals surface area contributed by atoms with E-state index in [1.807, 2.05) is 11.8 Å². The van der Waals surface area contributed by atoms with E-state index < -0.39 is 0 Å². The number of hydrogen-bond donors (Lipinski definition) is 2. The molecule has 0 heterocycles. The lowest BCUT2D eigenvalue weighted by molar-refractivity contribution is 0.411. The van der Waals surface area contributed by atoms with Crippen molar-refractivity contribution in [2.45, 2.75) is 36.9 Å². The summed E-state index contributed by atoms with van der Waals surface area (Å²) in [6.45, 7) is 0.847. The molecule has 0 spiro atoms. The number of nitrogen functional groups attached to an aromatic ring is 1. The average Bonchev–Trinajstić information content (AvgIpc) is 2.42. The molecule has 1 aromatic rings. The molecule has 0 saturated heterocycles. The number of thioether (sulfide) groups is 1. The Morgan fingerprint density at radius 2 is 2.05 bits per heavy atom. The smallest absolute Gasteiger partial charge is 0.139 e. The molecule has 1 aliphatic carbocycles. The maximum atomic E-state index is 13.6. The molecule has 0 radical (unpaired) electrons. The van der Waals surface area contributed by atoms with E-state index >= 15 is 0 Å². The van der Waals surface area contributed by atoms with Gasteiger partial charge >= 0.3 is 0 Å². The van der Waals surface area contributed by atoms with Crippen molar-refractivity contribution in [2.24, 2.45) is 0 Å². The van der Waals surface area contributed by atoms with Crippen molar-refractivity contribution in [2.75, 3.05) is 23.9 Å². The largest absolute Gasteiger partial charge is 0.397 e. The summed E-state index contributed by atoms with van der Waals surface area (Å²) >= 11 is 5.06. The molecule has 2 nitrogen and oxygen atoms in total. The van der Waals surface area contributed by atoms with Crippen LogP contribution in [0.1, 0.15) is 32.1 Å². The number of nitrogens with two attached hydrogens (primary N) is 1. The maximum Gasteiger partial charge on any atom is 0.139 e. The van der Waals surface area contributed by atoms with Crippen molar-refractivity contribution in [1.82, 2.24) is 0 Å². The van der Waals surface area contributed by atoms with Crippen molar-refractivity contribution in [1.29, 1.82) is 0 Å². The first-order valence-electron chi connectivity index (χ1n) is 6.60. The molecule has 0 unspecified atom stereocenters. The molecule has 1 aliphatic rings. The Morgan fingerprint density at radius 3 is 2.68 bits per heavy atom. The van der Waals surface area contributed by atoms with E-state index in [1.165, 1.54) is 38.2 Å². The van der Waals surface area contributed by atoms with E-state index in [-0.39, 0.29) is 10.6 Å². The Hall–Kier alpha value is -0.420. The fourth-order valence-corrected chi connectivity index (χ4v) is 3.90. The van der Waals surface area contributed by atoms with E-state index in [4.69, 9.17) is 5.73 Å². The summed E-state index contributed by atoms with van der Waals surface area (Å²) in [7, 11) is 0. The van der Waals surface area contributed by atoms with E-state index in [0.717, 1.165) is 6.54 Å². The van der Waals surface area contributed by atoms with Gasteiger partial charge in [0, 0.05) is 17.4 Å². The van der Waals surface area contributed by atoms with Gasteiger partial charge < -0.3 is 11.1 Å². The highest BCUT2D eigenvalue weighted by atomic mass is 79.9. The summed E-state index contributed by atoms with van der Waals surface area (Å²) in [4.78, 5) is 0. The number of nitrogens with one attached hydrogen (secondary N) is 1. The van der Waals surface area contributed by atoms with Crippen molar-refractivity contribution >= 4 is 39.1 Å². The van der Waals surface area contributed by atoms with Crippen molar-refractivity contribution in [3.05, 3.63) is 22.4 Å². The zero-order valence-corrected chi connectivity index (χ0v) is 13.5. The van der Waals surface area contributed by atoms with Crippen molar-refractivity contribution in [3.8, 4) is 0 Å². The summed E-state index contributed by atoms with van der Waals surface area (Å²) in [5.74, 6) is -0.279. The number of halogens is 2. The van der Waals surface area contributed by atoms with Crippen molar-refractivity contribution < 1.29 is 4.39 Å². The van der Waals surface area contributed by atoms with Gasteiger partial charge in [-0.05, 0) is 41.1 Å². The SMILES string of the molecule is CSC1(CNc2cc(F)c(Br)cc2N)CCCCC1. The molecule has 2 rings (SSSR count). The summed E-state index contributed by atoms with van der Waals surface area (Å²) in [6.07, 6.45) is 8.51. The van der Waals surface area contributed by atoms with Crippen LogP contribution < -0.4 is 11.1 Å². The summed E-state index contributed by atoms with van der Waals surface area (Å²) in [5, 5.41) is 3.34. The van der Waals surface area contributed by atoms with Crippen LogP contribution in [0.3, 0.4) is 0 Å². The number of hydrogen-bond acceptors (Lipinski definition) is 3. The highest BCUT2D eigenvalue weighted by Crippen LogP contribution is 2.39. The Morgan fingerprint density at radius 1 is 1.37 bits per heavy atom. The molecule has 5 heteroatoms. The third-order valence-electron chi connectivity index (χ3n) is 3.89. The van der Waals surface area contributed by atoms with E-state index in [9.17, 15) is 4.39 Å². The second-order valence-corrected chi connectivity index (χ2v) is 7.28. The minimum Gasteiger partial charge on any atom is -0.397 e. The molecular weight excluding hydrogens is 327 g/mol. The molecule has 0 atom stereocenters. The average molecular weight is 347 g/mol. The predicted octanol–water partition coefficient (Wildman–Crippen LogP) is 4.65. The van der Waals surface area contributed by atoms with Crippen LogP contribution in [0, 0.1) is 5.82 Å². The molecule has 1 aromatic carbocycles. The minimum absolute atomic E-state index is 0.272. The van der Waals surface area contributed by atoms with Gasteiger partial charge in [-0.3, -0.25) is 0 Å². The summed E-state index contributed by atoms with van der Waals surface area (Å²) in [5.41, 5.74) is 7.20. The molecule has 1 fully saturated rings. The van der Waals surface area contributed by atoms with Crippen LogP contribution in [0.4, 0.5) is 15.8 Å². The first-order chi connectivity index (χ1) is 9.06. The normalized spacial score (nSPS) is 18.3. The molecule has 1 saturated carbocycles. The minimum atomic E-state index is -0.279. The fourth-order valence-electron chi connectivity index (χ4n) is 2.62. The van der Waals surface area contributed by atoms with Gasteiger partial charge in [0.05, 0.1) is 15.8 Å². The third kappa shape index (κ3) is 3.57. The molecule has 0 aromatic heterocycles. The van der Waals surface area contributed by atoms with Crippen molar-refractivity contribution in [3.63, 3.8) is 0 Å². The van der Waals surface area contributed by atoms with E-state index in [1.54, 1.807) is 6.07 Å². The zero-order chi connectivity index (χ0) is 13.9. The fraction of sp³-hybridized carbons (Fsp3) is 0.571. The first-order valence-corrected chi connectivity index (χ1v) is 8.62. The van der Waals surface area contributed by atoms with Crippen LogP contribution in [-0.2, 0) is 0 Å². The number of rotatable bonds is 4. The first kappa shape index (κ1) is 15.0. The van der Waals surface area contributed by atoms with Gasteiger partial charge in [0.25, 0.3) is 0 Å². The van der Waals surface area contributed by atoms with Crippen LogP contribution in [-0.4, -0.2) is 17.5 Å². The van der Waals surface area contributed by atoms with Gasteiger partial charge in [0.15, 0.2) is 0 Å². The van der Waals surface area contributed by atoms with E-state index in [0.29, 0.717) is 15.8 Å². The Balaban J connectivity index is 2.07. The molecule has 3 N–H and O–H groups in total. The third-order valence-corrected chi connectivity index (χ3v) is 5.92. The Bertz CT molecular complexity index is 447. The molecule has 0 bridgehead atoms. The van der Waals surface area contributed by atoms with Crippen LogP contribution in [0.25, 0.3) is 0 Å². The van der Waals surface area contributed by atoms with Crippen LogP contribution >= 0.6 is 27.7 Å². The lowest BCUT2D eigenvalue weighted by Gasteiger charge is -2.36. The zero-order valence-electron chi connectivity index (χ0n) is 11.1. The molecule has 0 amide bonds. The maximum absolute atomic E-state index is 13.6. The van der Waals surface area contributed by atoms with Gasteiger partial charge in [-0.1, -0.05) is 19.3 Å². The van der Waals surface area contributed by atoms with Crippen LogP contribution in [0.15, 0.2) is 16.6 Å². The topological polar surface area (TPSA) is 38.0 Å². The molecule has 106 valence electrons. The predicted molar refractivity (Wildman–Crippen MR) is 86.3 cm³/mol. The van der Waals surface area contributed by atoms with Gasteiger partial charge in [-0.2, -0.15) is 11.8 Å². The number of anilines is 2. The highest BCUT2D eigenvalue weighted by Gasteiger charge is 2.31.